The summed E-state index contributed by atoms with van der Waals surface area (Å²) >= 11 is 0. The van der Waals surface area contributed by atoms with Gasteiger partial charge in [-0.05, 0) is 76.2 Å². The van der Waals surface area contributed by atoms with Crippen LogP contribution in [0.4, 0.5) is 17.6 Å². The maximum atomic E-state index is 14.8. The summed E-state index contributed by atoms with van der Waals surface area (Å²) in [5, 5.41) is 22.5. The minimum Gasteiger partial charge on any atom is -0.493 e. The molecule has 0 bridgehead atoms. The highest BCUT2D eigenvalue weighted by molar-refractivity contribution is 7.84. The van der Waals surface area contributed by atoms with Crippen LogP contribution in [0, 0.1) is 5.82 Å². The summed E-state index contributed by atoms with van der Waals surface area (Å²) in [5.74, 6) is -1.20. The lowest BCUT2D eigenvalue weighted by Gasteiger charge is -2.32. The number of methoxy groups -OCH3 is 1. The smallest absolute Gasteiger partial charge is 0.424 e. The number of halogens is 4. The summed E-state index contributed by atoms with van der Waals surface area (Å²) < 4.78 is 89.8. The van der Waals surface area contributed by atoms with E-state index < -0.39 is 57.0 Å². The zero-order chi connectivity index (χ0) is 34.1. The zero-order valence-electron chi connectivity index (χ0n) is 25.8. The van der Waals surface area contributed by atoms with Crippen LogP contribution >= 0.6 is 0 Å². The SMILES string of the molecule is COc1cc(C(=O)NCC(O)(c2cc3c(c(-c4ccc(F)cc4)n2)OCC3(C)NS(=O)C(C)(C)C)C(F)(F)F)ccc1OCCO. The number of alkyl halides is 3. The van der Waals surface area contributed by atoms with Crippen molar-refractivity contribution in [3.05, 3.63) is 71.2 Å². The van der Waals surface area contributed by atoms with Crippen molar-refractivity contribution in [1.82, 2.24) is 15.0 Å². The molecule has 1 amide bonds. The van der Waals surface area contributed by atoms with Crippen LogP contribution in [0.15, 0.2) is 48.5 Å². The molecule has 4 N–H and O–H groups in total. The number of aliphatic hydroxyl groups excluding tert-OH is 1. The van der Waals surface area contributed by atoms with Crippen molar-refractivity contribution >= 4 is 16.9 Å². The maximum absolute atomic E-state index is 14.8. The van der Waals surface area contributed by atoms with Crippen molar-refractivity contribution in [2.24, 2.45) is 0 Å². The van der Waals surface area contributed by atoms with E-state index in [1.54, 1.807) is 27.7 Å². The standard InChI is InChI=1S/C31H35F4N3O7S/c1-28(2,3)46(42)38-29(4)17-45-26-21(29)15-24(37-25(26)18-6-9-20(32)10-7-18)30(41,31(33,34)35)16-36-27(40)19-8-11-22(44-13-12-39)23(14-19)43-5/h6-11,14-15,38-39,41H,12-13,16-17H2,1-5H3,(H,36,40). The van der Waals surface area contributed by atoms with E-state index in [2.05, 4.69) is 15.0 Å². The number of benzene rings is 2. The average molecular weight is 670 g/mol. The van der Waals surface area contributed by atoms with Crippen LogP contribution in [-0.4, -0.2) is 69.7 Å². The molecule has 10 nitrogen and oxygen atoms in total. The second kappa shape index (κ2) is 13.1. The van der Waals surface area contributed by atoms with Crippen molar-refractivity contribution in [1.29, 1.82) is 0 Å². The number of pyridine rings is 1. The molecule has 0 spiro atoms. The van der Waals surface area contributed by atoms with Gasteiger partial charge in [-0.15, -0.1) is 0 Å². The molecule has 0 aliphatic carbocycles. The fraction of sp³-hybridized carbons (Fsp3) is 0.419. The Kier molecular flexibility index (Phi) is 10.0. The predicted octanol–water partition coefficient (Wildman–Crippen LogP) is 4.11. The molecular weight excluding hydrogens is 634 g/mol. The van der Waals surface area contributed by atoms with Crippen LogP contribution in [0.1, 0.15) is 49.3 Å². The van der Waals surface area contributed by atoms with Crippen LogP contribution in [0.3, 0.4) is 0 Å². The Hall–Kier alpha value is -3.79. The minimum absolute atomic E-state index is 0.0556. The van der Waals surface area contributed by atoms with Gasteiger partial charge in [-0.2, -0.15) is 13.2 Å². The number of fused-ring (bicyclic) bond motifs is 1. The molecule has 0 saturated heterocycles. The Labute approximate surface area is 265 Å². The van der Waals surface area contributed by atoms with Gasteiger partial charge in [0.2, 0.25) is 5.60 Å². The number of hydrogen-bond donors (Lipinski definition) is 4. The summed E-state index contributed by atoms with van der Waals surface area (Å²) in [6, 6.07) is 9.68. The number of rotatable bonds is 11. The van der Waals surface area contributed by atoms with Crippen LogP contribution in [0.2, 0.25) is 0 Å². The van der Waals surface area contributed by atoms with Crippen LogP contribution in [0.25, 0.3) is 11.3 Å². The first-order valence-corrected chi connectivity index (χ1v) is 15.2. The monoisotopic (exact) mass is 669 g/mol. The lowest BCUT2D eigenvalue weighted by Crippen LogP contribution is -2.52. The first-order chi connectivity index (χ1) is 21.4. The number of hydrogen-bond acceptors (Lipinski definition) is 8. The molecule has 0 radical (unpaired) electrons. The lowest BCUT2D eigenvalue weighted by atomic mass is 9.89. The van der Waals surface area contributed by atoms with Crippen LogP contribution < -0.4 is 24.2 Å². The highest BCUT2D eigenvalue weighted by Crippen LogP contribution is 2.47. The highest BCUT2D eigenvalue weighted by atomic mass is 32.2. The minimum atomic E-state index is -5.35. The van der Waals surface area contributed by atoms with Crippen molar-refractivity contribution in [3.8, 4) is 28.5 Å². The Bertz CT molecular complexity index is 1620. The van der Waals surface area contributed by atoms with Gasteiger partial charge in [-0.3, -0.25) is 4.79 Å². The molecule has 0 fully saturated rings. The van der Waals surface area contributed by atoms with Gasteiger partial charge in [0.1, 0.15) is 24.7 Å². The number of ether oxygens (including phenoxy) is 3. The Morgan fingerprint density at radius 2 is 1.78 bits per heavy atom. The number of aliphatic hydroxyl groups is 2. The first kappa shape index (κ1) is 35.1. The maximum Gasteiger partial charge on any atom is 0.424 e. The molecule has 250 valence electrons. The summed E-state index contributed by atoms with van der Waals surface area (Å²) in [5.41, 5.74) is -5.75. The van der Waals surface area contributed by atoms with E-state index in [1.165, 1.54) is 37.4 Å². The number of nitrogens with one attached hydrogen (secondary N) is 2. The number of carbonyl (C=O) groups is 1. The third-order valence-corrected chi connectivity index (χ3v) is 8.98. The molecule has 2 heterocycles. The summed E-state index contributed by atoms with van der Waals surface area (Å²) in [6.07, 6.45) is -5.35. The third kappa shape index (κ3) is 7.12. The van der Waals surface area contributed by atoms with Crippen LogP contribution in [0.5, 0.6) is 17.2 Å². The molecule has 3 aromatic rings. The molecule has 2 aromatic carbocycles. The quantitative estimate of drug-likeness (QED) is 0.224. The van der Waals surface area contributed by atoms with Crippen molar-refractivity contribution in [2.75, 3.05) is 33.5 Å². The number of nitrogens with zero attached hydrogens (tertiary/aromatic N) is 1. The van der Waals surface area contributed by atoms with E-state index in [9.17, 15) is 31.7 Å². The van der Waals surface area contributed by atoms with Gasteiger partial charge < -0.3 is 29.7 Å². The van der Waals surface area contributed by atoms with E-state index in [0.29, 0.717) is 0 Å². The topological polar surface area (TPSA) is 139 Å². The molecule has 1 aliphatic rings. The number of carbonyl (C=O) groups excluding carboxylic acids is 1. The molecule has 0 saturated carbocycles. The van der Waals surface area contributed by atoms with Gasteiger partial charge in [0, 0.05) is 16.7 Å². The molecule has 3 atom stereocenters. The van der Waals surface area contributed by atoms with Gasteiger partial charge in [-0.1, -0.05) is 0 Å². The normalized spacial score (nSPS) is 18.2. The number of amides is 1. The fourth-order valence-corrected chi connectivity index (χ4v) is 5.46. The Morgan fingerprint density at radius 1 is 1.11 bits per heavy atom. The van der Waals surface area contributed by atoms with E-state index in [-0.39, 0.29) is 59.5 Å². The van der Waals surface area contributed by atoms with Crippen molar-refractivity contribution in [2.45, 2.75) is 49.8 Å². The summed E-state index contributed by atoms with van der Waals surface area (Å²) in [6.45, 7) is 4.93. The Balaban J connectivity index is 1.78. The molecule has 1 aromatic heterocycles. The predicted molar refractivity (Wildman–Crippen MR) is 161 cm³/mol. The number of aromatic nitrogens is 1. The second-order valence-electron chi connectivity index (χ2n) is 11.8. The lowest BCUT2D eigenvalue weighted by molar-refractivity contribution is -0.265. The van der Waals surface area contributed by atoms with Gasteiger partial charge in [-0.25, -0.2) is 18.3 Å². The van der Waals surface area contributed by atoms with E-state index in [1.807, 2.05) is 0 Å². The molecule has 4 rings (SSSR count). The molecule has 46 heavy (non-hydrogen) atoms. The van der Waals surface area contributed by atoms with Gasteiger partial charge >= 0.3 is 6.18 Å². The summed E-state index contributed by atoms with van der Waals surface area (Å²) in [7, 11) is -0.385. The average Bonchev–Trinajstić information content (AvgIpc) is 3.33. The largest absolute Gasteiger partial charge is 0.493 e. The Morgan fingerprint density at radius 3 is 2.37 bits per heavy atom. The van der Waals surface area contributed by atoms with Gasteiger partial charge in [0.15, 0.2) is 17.2 Å². The first-order valence-electron chi connectivity index (χ1n) is 14.1. The fourth-order valence-electron chi connectivity index (χ4n) is 4.57. The zero-order valence-corrected chi connectivity index (χ0v) is 26.6. The van der Waals surface area contributed by atoms with E-state index in [4.69, 9.17) is 19.3 Å². The van der Waals surface area contributed by atoms with Crippen LogP contribution in [-0.2, 0) is 22.1 Å². The third-order valence-electron chi connectivity index (χ3n) is 7.24. The molecule has 1 aliphatic heterocycles. The van der Waals surface area contributed by atoms with E-state index >= 15 is 0 Å². The van der Waals surface area contributed by atoms with Crippen molar-refractivity contribution in [3.63, 3.8) is 0 Å². The van der Waals surface area contributed by atoms with Gasteiger partial charge in [0.25, 0.3) is 5.91 Å². The highest BCUT2D eigenvalue weighted by Gasteiger charge is 2.57. The second-order valence-corrected chi connectivity index (χ2v) is 13.8. The molecule has 15 heteroatoms. The molecule has 3 unspecified atom stereocenters. The summed E-state index contributed by atoms with van der Waals surface area (Å²) in [4.78, 5) is 17.2. The van der Waals surface area contributed by atoms with Gasteiger partial charge in [0.05, 0.1) is 47.2 Å². The molecular formula is C31H35F4N3O7S. The van der Waals surface area contributed by atoms with E-state index in [0.717, 1.165) is 18.2 Å². The van der Waals surface area contributed by atoms with Crippen molar-refractivity contribution < 1.29 is 51.0 Å².